The van der Waals surface area contributed by atoms with E-state index in [4.69, 9.17) is 11.6 Å². The molecule has 20 heavy (non-hydrogen) atoms. The number of benzene rings is 1. The van der Waals surface area contributed by atoms with Crippen LogP contribution in [-0.2, 0) is 0 Å². The van der Waals surface area contributed by atoms with E-state index >= 15 is 0 Å². The second kappa shape index (κ2) is 7.10. The lowest BCUT2D eigenvalue weighted by Gasteiger charge is -2.35. The molecule has 1 fully saturated rings. The molecule has 1 N–H and O–H groups in total. The van der Waals surface area contributed by atoms with Crippen molar-refractivity contribution >= 4 is 41.9 Å². The van der Waals surface area contributed by atoms with Gasteiger partial charge in [-0.2, -0.15) is 11.8 Å². The molecule has 2 rings (SSSR count). The number of thioether (sulfide) groups is 1. The number of thiol groups is 1. The van der Waals surface area contributed by atoms with Crippen LogP contribution in [0.2, 0.25) is 5.02 Å². The van der Waals surface area contributed by atoms with Crippen LogP contribution in [0.5, 0.6) is 0 Å². The zero-order chi connectivity index (χ0) is 14.6. The van der Waals surface area contributed by atoms with Crippen LogP contribution in [0.4, 0.5) is 0 Å². The van der Waals surface area contributed by atoms with Crippen molar-refractivity contribution < 1.29 is 4.79 Å². The Morgan fingerprint density at radius 2 is 2.10 bits per heavy atom. The minimum atomic E-state index is -0.107. The van der Waals surface area contributed by atoms with Gasteiger partial charge in [-0.05, 0) is 37.3 Å². The van der Waals surface area contributed by atoms with Crippen LogP contribution in [-0.4, -0.2) is 23.5 Å². The van der Waals surface area contributed by atoms with Gasteiger partial charge >= 0.3 is 0 Å². The standard InChI is InChI=1S/C15H20ClNOS2/c1-20-15(7-3-2-4-8-15)10-17-14(18)12-9-11(19)5-6-13(12)16/h5-6,9,19H,2-4,7-8,10H2,1H3,(H,17,18). The molecule has 0 atom stereocenters. The van der Waals surface area contributed by atoms with Crippen molar-refractivity contribution in [3.8, 4) is 0 Å². The monoisotopic (exact) mass is 329 g/mol. The Morgan fingerprint density at radius 3 is 2.75 bits per heavy atom. The summed E-state index contributed by atoms with van der Waals surface area (Å²) in [6.07, 6.45) is 8.30. The first-order valence-corrected chi connectivity index (χ1v) is 8.93. The number of hydrogen-bond donors (Lipinski definition) is 2. The van der Waals surface area contributed by atoms with Crippen LogP contribution in [0.15, 0.2) is 23.1 Å². The lowest BCUT2D eigenvalue weighted by Crippen LogP contribution is -2.41. The molecule has 1 aliphatic carbocycles. The van der Waals surface area contributed by atoms with Crippen molar-refractivity contribution in [3.05, 3.63) is 28.8 Å². The molecule has 2 nitrogen and oxygen atoms in total. The number of amides is 1. The summed E-state index contributed by atoms with van der Waals surface area (Å²) in [6, 6.07) is 5.21. The summed E-state index contributed by atoms with van der Waals surface area (Å²) in [4.78, 5) is 13.0. The fourth-order valence-electron chi connectivity index (χ4n) is 2.67. The summed E-state index contributed by atoms with van der Waals surface area (Å²) in [6.45, 7) is 0.708. The first kappa shape index (κ1) is 16.1. The van der Waals surface area contributed by atoms with E-state index in [1.165, 1.54) is 32.1 Å². The number of nitrogens with one attached hydrogen (secondary N) is 1. The van der Waals surface area contributed by atoms with Crippen LogP contribution in [0.25, 0.3) is 0 Å². The Balaban J connectivity index is 2.02. The van der Waals surface area contributed by atoms with E-state index in [0.717, 1.165) is 4.90 Å². The normalized spacial score (nSPS) is 17.8. The molecule has 1 saturated carbocycles. The summed E-state index contributed by atoms with van der Waals surface area (Å²) >= 11 is 12.2. The quantitative estimate of drug-likeness (QED) is 0.800. The van der Waals surface area contributed by atoms with Gasteiger partial charge in [-0.15, -0.1) is 12.6 Å². The fraction of sp³-hybridized carbons (Fsp3) is 0.533. The molecule has 1 aliphatic rings. The van der Waals surface area contributed by atoms with Crippen LogP contribution in [0.3, 0.4) is 0 Å². The zero-order valence-corrected chi connectivity index (χ0v) is 14.1. The van der Waals surface area contributed by atoms with E-state index in [1.807, 2.05) is 11.8 Å². The minimum absolute atomic E-state index is 0.107. The number of carbonyl (C=O) groups excluding carboxylic acids is 1. The van der Waals surface area contributed by atoms with E-state index in [-0.39, 0.29) is 10.7 Å². The molecule has 110 valence electrons. The summed E-state index contributed by atoms with van der Waals surface area (Å²) in [7, 11) is 0. The van der Waals surface area contributed by atoms with E-state index in [1.54, 1.807) is 18.2 Å². The highest BCUT2D eigenvalue weighted by molar-refractivity contribution is 8.00. The van der Waals surface area contributed by atoms with Gasteiger partial charge in [0.1, 0.15) is 0 Å². The van der Waals surface area contributed by atoms with E-state index in [9.17, 15) is 4.79 Å². The van der Waals surface area contributed by atoms with Crippen LogP contribution < -0.4 is 5.32 Å². The summed E-state index contributed by atoms with van der Waals surface area (Å²) in [5.74, 6) is -0.107. The summed E-state index contributed by atoms with van der Waals surface area (Å²) in [5, 5.41) is 3.52. The average molecular weight is 330 g/mol. The van der Waals surface area contributed by atoms with Gasteiger partial charge in [0.25, 0.3) is 5.91 Å². The van der Waals surface area contributed by atoms with Gasteiger partial charge in [0.2, 0.25) is 0 Å². The maximum Gasteiger partial charge on any atom is 0.252 e. The van der Waals surface area contributed by atoms with Crippen molar-refractivity contribution in [1.29, 1.82) is 0 Å². The van der Waals surface area contributed by atoms with E-state index < -0.39 is 0 Å². The largest absolute Gasteiger partial charge is 0.351 e. The first-order chi connectivity index (χ1) is 9.56. The molecule has 1 aromatic rings. The third-order valence-corrected chi connectivity index (χ3v) is 5.99. The molecular formula is C15H20ClNOS2. The fourth-order valence-corrected chi connectivity index (χ4v) is 3.99. The minimum Gasteiger partial charge on any atom is -0.351 e. The number of carbonyl (C=O) groups is 1. The molecule has 0 unspecified atom stereocenters. The molecule has 0 saturated heterocycles. The Hall–Kier alpha value is -0.320. The van der Waals surface area contributed by atoms with Crippen LogP contribution in [0, 0.1) is 0 Å². The highest BCUT2D eigenvalue weighted by atomic mass is 35.5. The smallest absolute Gasteiger partial charge is 0.252 e. The maximum absolute atomic E-state index is 12.3. The van der Waals surface area contributed by atoms with Gasteiger partial charge in [-0.25, -0.2) is 0 Å². The Morgan fingerprint density at radius 1 is 1.40 bits per heavy atom. The highest BCUT2D eigenvalue weighted by Gasteiger charge is 2.31. The lowest BCUT2D eigenvalue weighted by molar-refractivity contribution is 0.0947. The van der Waals surface area contributed by atoms with Gasteiger partial charge in [-0.1, -0.05) is 30.9 Å². The van der Waals surface area contributed by atoms with Crippen molar-refractivity contribution in [2.45, 2.75) is 41.7 Å². The Kier molecular flexibility index (Phi) is 5.70. The molecule has 5 heteroatoms. The van der Waals surface area contributed by atoms with Crippen LogP contribution in [0.1, 0.15) is 42.5 Å². The maximum atomic E-state index is 12.3. The molecule has 0 spiro atoms. The van der Waals surface area contributed by atoms with Gasteiger partial charge in [0, 0.05) is 16.2 Å². The number of rotatable bonds is 4. The highest BCUT2D eigenvalue weighted by Crippen LogP contribution is 2.38. The second-order valence-electron chi connectivity index (χ2n) is 5.29. The topological polar surface area (TPSA) is 29.1 Å². The van der Waals surface area contributed by atoms with E-state index in [0.29, 0.717) is 17.1 Å². The lowest BCUT2D eigenvalue weighted by atomic mass is 9.88. The van der Waals surface area contributed by atoms with E-state index in [2.05, 4.69) is 24.2 Å². The molecule has 0 aromatic heterocycles. The average Bonchev–Trinajstić information content (AvgIpc) is 2.48. The van der Waals surface area contributed by atoms with Gasteiger partial charge in [0.15, 0.2) is 0 Å². The molecule has 1 amide bonds. The predicted molar refractivity (Wildman–Crippen MR) is 90.4 cm³/mol. The predicted octanol–water partition coefficient (Wildman–Crippen LogP) is 4.42. The molecule has 1 aromatic carbocycles. The van der Waals surface area contributed by atoms with Gasteiger partial charge in [0.05, 0.1) is 10.6 Å². The molecule has 0 aliphatic heterocycles. The Bertz CT molecular complexity index is 487. The third-order valence-electron chi connectivity index (χ3n) is 3.96. The molecular weight excluding hydrogens is 310 g/mol. The van der Waals surface area contributed by atoms with Crippen LogP contribution >= 0.6 is 36.0 Å². The molecule has 0 radical (unpaired) electrons. The number of hydrogen-bond acceptors (Lipinski definition) is 3. The molecule has 0 bridgehead atoms. The van der Waals surface area contributed by atoms with Gasteiger partial charge < -0.3 is 5.32 Å². The van der Waals surface area contributed by atoms with Crippen molar-refractivity contribution in [3.63, 3.8) is 0 Å². The van der Waals surface area contributed by atoms with Crippen molar-refractivity contribution in [2.24, 2.45) is 0 Å². The summed E-state index contributed by atoms with van der Waals surface area (Å²) in [5.41, 5.74) is 0.506. The summed E-state index contributed by atoms with van der Waals surface area (Å²) < 4.78 is 0.193. The number of halogens is 1. The van der Waals surface area contributed by atoms with Crippen molar-refractivity contribution in [2.75, 3.05) is 12.8 Å². The Labute approximate surface area is 135 Å². The first-order valence-electron chi connectivity index (χ1n) is 6.88. The molecule has 0 heterocycles. The van der Waals surface area contributed by atoms with Crippen molar-refractivity contribution in [1.82, 2.24) is 5.32 Å². The third kappa shape index (κ3) is 3.86. The van der Waals surface area contributed by atoms with Gasteiger partial charge in [-0.3, -0.25) is 4.79 Å². The second-order valence-corrected chi connectivity index (χ2v) is 7.49. The zero-order valence-electron chi connectivity index (χ0n) is 11.6. The SMILES string of the molecule is CSC1(CNC(=O)c2cc(S)ccc2Cl)CCCCC1.